The van der Waals surface area contributed by atoms with Crippen molar-refractivity contribution >= 4 is 17.3 Å². The molecule has 0 atom stereocenters. The Morgan fingerprint density at radius 3 is 2.52 bits per heavy atom. The van der Waals surface area contributed by atoms with E-state index in [9.17, 15) is 9.59 Å². The number of fused-ring (bicyclic) bond motifs is 1. The summed E-state index contributed by atoms with van der Waals surface area (Å²) >= 11 is 0. The van der Waals surface area contributed by atoms with E-state index in [1.54, 1.807) is 29.8 Å². The molecule has 7 nitrogen and oxygen atoms in total. The quantitative estimate of drug-likeness (QED) is 0.673. The van der Waals surface area contributed by atoms with Gasteiger partial charge < -0.3 is 15.4 Å². The first-order valence-electron chi connectivity index (χ1n) is 9.50. The molecule has 0 radical (unpaired) electrons. The smallest absolute Gasteiger partial charge is 0.288 e. The minimum atomic E-state index is -0.408. The second-order valence-corrected chi connectivity index (χ2v) is 7.76. The van der Waals surface area contributed by atoms with E-state index in [0.29, 0.717) is 18.5 Å². The Balaban J connectivity index is 1.78. The fourth-order valence-corrected chi connectivity index (χ4v) is 3.07. The first-order valence-corrected chi connectivity index (χ1v) is 9.50. The summed E-state index contributed by atoms with van der Waals surface area (Å²) in [6, 6.07) is 13.1. The van der Waals surface area contributed by atoms with Crippen LogP contribution < -0.4 is 15.4 Å². The maximum atomic E-state index is 12.8. The van der Waals surface area contributed by atoms with Crippen molar-refractivity contribution in [3.05, 3.63) is 65.7 Å². The Bertz CT molecular complexity index is 1030. The molecule has 29 heavy (non-hydrogen) atoms. The molecule has 3 aromatic rings. The maximum Gasteiger partial charge on any atom is 0.288 e. The van der Waals surface area contributed by atoms with Gasteiger partial charge in [-0.05, 0) is 51.0 Å². The molecule has 7 heteroatoms. The number of nitrogens with one attached hydrogen (secondary N) is 2. The molecule has 0 fully saturated rings. The number of imidazole rings is 1. The minimum Gasteiger partial charge on any atom is -0.496 e. The van der Waals surface area contributed by atoms with Gasteiger partial charge in [-0.2, -0.15) is 0 Å². The van der Waals surface area contributed by atoms with E-state index in [2.05, 4.69) is 15.6 Å². The van der Waals surface area contributed by atoms with Gasteiger partial charge in [0.1, 0.15) is 5.75 Å². The summed E-state index contributed by atoms with van der Waals surface area (Å²) in [6.07, 6.45) is 2.35. The van der Waals surface area contributed by atoms with Crippen molar-refractivity contribution in [1.82, 2.24) is 20.0 Å². The summed E-state index contributed by atoms with van der Waals surface area (Å²) < 4.78 is 6.98. The highest BCUT2D eigenvalue weighted by atomic mass is 16.5. The number of aromatic nitrogens is 2. The van der Waals surface area contributed by atoms with Gasteiger partial charge in [0.05, 0.1) is 12.6 Å². The first kappa shape index (κ1) is 20.4. The van der Waals surface area contributed by atoms with Crippen molar-refractivity contribution in [2.45, 2.75) is 32.7 Å². The van der Waals surface area contributed by atoms with Gasteiger partial charge in [0, 0.05) is 18.3 Å². The topological polar surface area (TPSA) is 84.7 Å². The predicted octanol–water partition coefficient (Wildman–Crippen LogP) is 2.84. The summed E-state index contributed by atoms with van der Waals surface area (Å²) in [6.45, 7) is 6.11. The number of amides is 2. The zero-order chi connectivity index (χ0) is 21.0. The number of hydrogen-bond donors (Lipinski definition) is 2. The average molecular weight is 394 g/mol. The van der Waals surface area contributed by atoms with Gasteiger partial charge in [0.25, 0.3) is 11.8 Å². The van der Waals surface area contributed by atoms with E-state index < -0.39 is 5.54 Å². The lowest BCUT2D eigenvalue weighted by Crippen LogP contribution is -2.41. The maximum absolute atomic E-state index is 12.8. The Hall–Kier alpha value is -3.35. The third-order valence-corrected chi connectivity index (χ3v) is 4.33. The third kappa shape index (κ3) is 4.74. The summed E-state index contributed by atoms with van der Waals surface area (Å²) in [5.41, 5.74) is 1.41. The van der Waals surface area contributed by atoms with Crippen LogP contribution in [0.1, 0.15) is 47.4 Å². The second-order valence-electron chi connectivity index (χ2n) is 7.76. The van der Waals surface area contributed by atoms with E-state index >= 15 is 0 Å². The highest BCUT2D eigenvalue weighted by molar-refractivity contribution is 6.02. The molecule has 0 aliphatic heterocycles. The molecular formula is C22H26N4O3. The van der Waals surface area contributed by atoms with Crippen molar-refractivity contribution in [1.29, 1.82) is 0 Å². The molecule has 152 valence electrons. The van der Waals surface area contributed by atoms with Gasteiger partial charge in [-0.1, -0.05) is 24.3 Å². The fraction of sp³-hybridized carbons (Fsp3) is 0.318. The molecule has 0 spiro atoms. The molecule has 2 N–H and O–H groups in total. The predicted molar refractivity (Wildman–Crippen MR) is 111 cm³/mol. The molecule has 2 amide bonds. The molecule has 1 aromatic carbocycles. The highest BCUT2D eigenvalue weighted by Gasteiger charge is 2.24. The summed E-state index contributed by atoms with van der Waals surface area (Å²) in [5.74, 6) is 0.325. The van der Waals surface area contributed by atoms with E-state index in [0.717, 1.165) is 11.3 Å². The number of methoxy groups -OCH3 is 1. The number of ether oxygens (including phenoxy) is 1. The Kier molecular flexibility index (Phi) is 5.87. The number of rotatable bonds is 6. The van der Waals surface area contributed by atoms with Gasteiger partial charge in [0.2, 0.25) is 5.82 Å². The Morgan fingerprint density at radius 1 is 1.07 bits per heavy atom. The Labute approximate surface area is 170 Å². The van der Waals surface area contributed by atoms with Crippen LogP contribution in [0.25, 0.3) is 5.52 Å². The van der Waals surface area contributed by atoms with E-state index in [1.165, 1.54) is 0 Å². The lowest BCUT2D eigenvalue weighted by molar-refractivity contribution is 0.0908. The van der Waals surface area contributed by atoms with Crippen molar-refractivity contribution in [3.8, 4) is 5.75 Å². The van der Waals surface area contributed by atoms with Gasteiger partial charge in [0.15, 0.2) is 5.69 Å². The van der Waals surface area contributed by atoms with Crippen LogP contribution in [0.2, 0.25) is 0 Å². The summed E-state index contributed by atoms with van der Waals surface area (Å²) in [4.78, 5) is 29.8. The first-order chi connectivity index (χ1) is 13.8. The zero-order valence-electron chi connectivity index (χ0n) is 17.2. The average Bonchev–Trinajstić information content (AvgIpc) is 3.07. The van der Waals surface area contributed by atoms with Gasteiger partial charge in [-0.25, -0.2) is 4.98 Å². The van der Waals surface area contributed by atoms with Crippen LogP contribution in [0.15, 0.2) is 48.7 Å². The highest BCUT2D eigenvalue weighted by Crippen LogP contribution is 2.18. The number of pyridine rings is 1. The molecule has 0 bridgehead atoms. The van der Waals surface area contributed by atoms with Crippen LogP contribution in [0.4, 0.5) is 0 Å². The molecular weight excluding hydrogens is 368 g/mol. The van der Waals surface area contributed by atoms with Crippen molar-refractivity contribution in [3.63, 3.8) is 0 Å². The second kappa shape index (κ2) is 8.34. The van der Waals surface area contributed by atoms with E-state index in [4.69, 9.17) is 4.74 Å². The summed E-state index contributed by atoms with van der Waals surface area (Å²) in [5, 5.41) is 5.78. The molecule has 0 unspecified atom stereocenters. The standard InChI is InChI=1S/C22H26N4O3/c1-22(2,3)25-21(28)19-24-18(16-10-7-8-14-26(16)19)20(27)23-13-12-15-9-5-6-11-17(15)29-4/h5-11,14H,12-13H2,1-4H3,(H,23,27)(H,25,28). The molecule has 0 saturated carbocycles. The minimum absolute atomic E-state index is 0.186. The number of hydrogen-bond acceptors (Lipinski definition) is 4. The fourth-order valence-electron chi connectivity index (χ4n) is 3.07. The van der Waals surface area contributed by atoms with Crippen molar-refractivity contribution < 1.29 is 14.3 Å². The van der Waals surface area contributed by atoms with Crippen LogP contribution in [-0.4, -0.2) is 40.4 Å². The number of benzene rings is 1. The van der Waals surface area contributed by atoms with Crippen molar-refractivity contribution in [2.24, 2.45) is 0 Å². The van der Waals surface area contributed by atoms with Gasteiger partial charge >= 0.3 is 0 Å². The normalized spacial score (nSPS) is 11.3. The zero-order valence-corrected chi connectivity index (χ0v) is 17.2. The van der Waals surface area contributed by atoms with Crippen LogP contribution in [0, 0.1) is 0 Å². The van der Waals surface area contributed by atoms with E-state index in [1.807, 2.05) is 51.1 Å². The van der Waals surface area contributed by atoms with Gasteiger partial charge in [-0.3, -0.25) is 14.0 Å². The van der Waals surface area contributed by atoms with Crippen molar-refractivity contribution in [2.75, 3.05) is 13.7 Å². The third-order valence-electron chi connectivity index (χ3n) is 4.33. The number of carbonyl (C=O) groups is 2. The van der Waals surface area contributed by atoms with Gasteiger partial charge in [-0.15, -0.1) is 0 Å². The molecule has 0 aliphatic rings. The van der Waals surface area contributed by atoms with Crippen LogP contribution in [0.5, 0.6) is 5.75 Å². The van der Waals surface area contributed by atoms with Crippen LogP contribution in [-0.2, 0) is 6.42 Å². The lowest BCUT2D eigenvalue weighted by Gasteiger charge is -2.19. The molecule has 3 rings (SSSR count). The number of nitrogens with zero attached hydrogens (tertiary/aromatic N) is 2. The molecule has 2 heterocycles. The number of carbonyl (C=O) groups excluding carboxylic acids is 2. The summed E-state index contributed by atoms with van der Waals surface area (Å²) in [7, 11) is 1.62. The SMILES string of the molecule is COc1ccccc1CCNC(=O)c1nc(C(=O)NC(C)(C)C)n2ccccc12. The number of para-hydroxylation sites is 1. The largest absolute Gasteiger partial charge is 0.496 e. The van der Waals surface area contributed by atoms with E-state index in [-0.39, 0.29) is 23.3 Å². The molecule has 2 aromatic heterocycles. The lowest BCUT2D eigenvalue weighted by atomic mass is 10.1. The van der Waals surface area contributed by atoms with Crippen LogP contribution >= 0.6 is 0 Å². The molecule has 0 saturated heterocycles. The molecule has 0 aliphatic carbocycles. The Morgan fingerprint density at radius 2 is 1.79 bits per heavy atom. The monoisotopic (exact) mass is 394 g/mol. The van der Waals surface area contributed by atoms with Crippen LogP contribution in [0.3, 0.4) is 0 Å².